The molecule has 19 heavy (non-hydrogen) atoms. The smallest absolute Gasteiger partial charge is 0.130 e. The van der Waals surface area contributed by atoms with Crippen molar-refractivity contribution in [3.63, 3.8) is 0 Å². The minimum atomic E-state index is -0.344. The van der Waals surface area contributed by atoms with Crippen molar-refractivity contribution in [2.24, 2.45) is 7.05 Å². The van der Waals surface area contributed by atoms with Crippen molar-refractivity contribution in [1.29, 1.82) is 0 Å². The Bertz CT molecular complexity index is 577. The number of nitrogens with zero attached hydrogens (tertiary/aromatic N) is 2. The Kier molecular flexibility index (Phi) is 3.25. The van der Waals surface area contributed by atoms with E-state index >= 15 is 0 Å². The molecule has 4 nitrogen and oxygen atoms in total. The number of aliphatic hydroxyl groups is 1. The normalized spacial score (nSPS) is 18.1. The van der Waals surface area contributed by atoms with Gasteiger partial charge in [-0.1, -0.05) is 6.07 Å². The molecule has 1 aliphatic carbocycles. The molecule has 0 aliphatic heterocycles. The van der Waals surface area contributed by atoms with E-state index in [1.807, 2.05) is 23.7 Å². The SMILES string of the molecule is Cn1cncc1COc1ccc2c(c1)C(O)CCC2. The first-order valence-corrected chi connectivity index (χ1v) is 6.63. The molecular formula is C15H18N2O2. The van der Waals surface area contributed by atoms with Gasteiger partial charge >= 0.3 is 0 Å². The summed E-state index contributed by atoms with van der Waals surface area (Å²) in [5.41, 5.74) is 3.29. The van der Waals surface area contributed by atoms with Crippen LogP contribution in [-0.2, 0) is 20.1 Å². The number of imidazole rings is 1. The molecule has 0 spiro atoms. The van der Waals surface area contributed by atoms with Crippen LogP contribution in [0.3, 0.4) is 0 Å². The first-order valence-electron chi connectivity index (χ1n) is 6.63. The lowest BCUT2D eigenvalue weighted by Gasteiger charge is -2.22. The van der Waals surface area contributed by atoms with Crippen molar-refractivity contribution < 1.29 is 9.84 Å². The lowest BCUT2D eigenvalue weighted by molar-refractivity contribution is 0.156. The third-order valence-electron chi connectivity index (χ3n) is 3.70. The second-order valence-corrected chi connectivity index (χ2v) is 5.05. The zero-order valence-corrected chi connectivity index (χ0v) is 11.0. The lowest BCUT2D eigenvalue weighted by atomic mass is 9.89. The van der Waals surface area contributed by atoms with Crippen molar-refractivity contribution in [1.82, 2.24) is 9.55 Å². The van der Waals surface area contributed by atoms with Crippen molar-refractivity contribution in [3.8, 4) is 5.75 Å². The fourth-order valence-electron chi connectivity index (χ4n) is 2.52. The van der Waals surface area contributed by atoms with E-state index in [2.05, 4.69) is 11.1 Å². The molecule has 0 fully saturated rings. The van der Waals surface area contributed by atoms with Gasteiger partial charge in [0, 0.05) is 7.05 Å². The van der Waals surface area contributed by atoms with Gasteiger partial charge in [-0.05, 0) is 42.5 Å². The summed E-state index contributed by atoms with van der Waals surface area (Å²) in [5, 5.41) is 10.0. The van der Waals surface area contributed by atoms with Gasteiger partial charge in [0.15, 0.2) is 0 Å². The highest BCUT2D eigenvalue weighted by atomic mass is 16.5. The van der Waals surface area contributed by atoms with Gasteiger partial charge in [0.05, 0.1) is 24.3 Å². The molecule has 0 saturated heterocycles. The van der Waals surface area contributed by atoms with E-state index < -0.39 is 0 Å². The van der Waals surface area contributed by atoms with Gasteiger partial charge < -0.3 is 14.4 Å². The summed E-state index contributed by atoms with van der Waals surface area (Å²) in [4.78, 5) is 4.06. The number of fused-ring (bicyclic) bond motifs is 1. The Balaban J connectivity index is 1.75. The summed E-state index contributed by atoms with van der Waals surface area (Å²) in [6.45, 7) is 0.491. The van der Waals surface area contributed by atoms with Crippen LogP contribution >= 0.6 is 0 Å². The van der Waals surface area contributed by atoms with E-state index in [9.17, 15) is 5.11 Å². The van der Waals surface area contributed by atoms with Gasteiger partial charge in [-0.25, -0.2) is 4.98 Å². The Morgan fingerprint density at radius 2 is 2.37 bits per heavy atom. The molecule has 2 aromatic rings. The lowest BCUT2D eigenvalue weighted by Crippen LogP contribution is -2.09. The van der Waals surface area contributed by atoms with Crippen LogP contribution in [-0.4, -0.2) is 14.7 Å². The van der Waals surface area contributed by atoms with E-state index in [-0.39, 0.29) is 6.10 Å². The van der Waals surface area contributed by atoms with E-state index in [1.54, 1.807) is 12.5 Å². The van der Waals surface area contributed by atoms with Gasteiger partial charge in [-0.3, -0.25) is 0 Å². The summed E-state index contributed by atoms with van der Waals surface area (Å²) in [7, 11) is 1.95. The molecule has 1 heterocycles. The van der Waals surface area contributed by atoms with Crippen molar-refractivity contribution in [2.45, 2.75) is 32.0 Å². The average molecular weight is 258 g/mol. The number of benzene rings is 1. The third-order valence-corrected chi connectivity index (χ3v) is 3.70. The number of aliphatic hydroxyl groups excluding tert-OH is 1. The molecule has 3 rings (SSSR count). The predicted octanol–water partition coefficient (Wildman–Crippen LogP) is 2.37. The van der Waals surface area contributed by atoms with Gasteiger partial charge in [0.2, 0.25) is 0 Å². The van der Waals surface area contributed by atoms with Crippen molar-refractivity contribution in [3.05, 3.63) is 47.5 Å². The van der Waals surface area contributed by atoms with Crippen molar-refractivity contribution in [2.75, 3.05) is 0 Å². The Morgan fingerprint density at radius 3 is 3.16 bits per heavy atom. The second-order valence-electron chi connectivity index (χ2n) is 5.05. The fourth-order valence-corrected chi connectivity index (χ4v) is 2.52. The highest BCUT2D eigenvalue weighted by Crippen LogP contribution is 2.32. The van der Waals surface area contributed by atoms with E-state index in [1.165, 1.54) is 5.56 Å². The summed E-state index contributed by atoms with van der Waals surface area (Å²) in [6, 6.07) is 6.01. The highest BCUT2D eigenvalue weighted by Gasteiger charge is 2.18. The molecule has 0 amide bonds. The van der Waals surface area contributed by atoms with Gasteiger partial charge in [-0.2, -0.15) is 0 Å². The molecule has 0 saturated carbocycles. The quantitative estimate of drug-likeness (QED) is 0.919. The monoisotopic (exact) mass is 258 g/mol. The minimum Gasteiger partial charge on any atom is -0.487 e. The van der Waals surface area contributed by atoms with Gasteiger partial charge in [0.1, 0.15) is 12.4 Å². The molecule has 1 aromatic heterocycles. The van der Waals surface area contributed by atoms with E-state index in [4.69, 9.17) is 4.74 Å². The van der Waals surface area contributed by atoms with Crippen LogP contribution in [0.1, 0.15) is 35.8 Å². The summed E-state index contributed by atoms with van der Waals surface area (Å²) < 4.78 is 7.71. The van der Waals surface area contributed by atoms with Crippen LogP contribution in [0.4, 0.5) is 0 Å². The first kappa shape index (κ1) is 12.2. The molecule has 1 aromatic carbocycles. The zero-order valence-electron chi connectivity index (χ0n) is 11.0. The topological polar surface area (TPSA) is 47.3 Å². The van der Waals surface area contributed by atoms with E-state index in [0.29, 0.717) is 6.61 Å². The van der Waals surface area contributed by atoms with Crippen LogP contribution < -0.4 is 4.74 Å². The number of aromatic nitrogens is 2. The van der Waals surface area contributed by atoms with Crippen LogP contribution in [0.15, 0.2) is 30.7 Å². The Hall–Kier alpha value is -1.81. The Morgan fingerprint density at radius 1 is 1.47 bits per heavy atom. The number of aryl methyl sites for hydroxylation is 2. The van der Waals surface area contributed by atoms with Crippen LogP contribution in [0.25, 0.3) is 0 Å². The average Bonchev–Trinajstić information content (AvgIpc) is 2.83. The molecule has 1 atom stereocenters. The number of hydrogen-bond donors (Lipinski definition) is 1. The molecular weight excluding hydrogens is 240 g/mol. The number of ether oxygens (including phenoxy) is 1. The fraction of sp³-hybridized carbons (Fsp3) is 0.400. The second kappa shape index (κ2) is 5.05. The maximum Gasteiger partial charge on any atom is 0.130 e. The standard InChI is InChI=1S/C15H18N2O2/c1-17-10-16-8-12(17)9-19-13-6-5-11-3-2-4-15(18)14(11)7-13/h5-8,10,15,18H,2-4,9H2,1H3. The van der Waals surface area contributed by atoms with Crippen molar-refractivity contribution >= 4 is 0 Å². The summed E-state index contributed by atoms with van der Waals surface area (Å²) >= 11 is 0. The number of rotatable bonds is 3. The molecule has 0 bridgehead atoms. The van der Waals surface area contributed by atoms with Gasteiger partial charge in [0.25, 0.3) is 0 Å². The zero-order chi connectivity index (χ0) is 13.2. The first-order chi connectivity index (χ1) is 9.24. The minimum absolute atomic E-state index is 0.344. The van der Waals surface area contributed by atoms with Gasteiger partial charge in [-0.15, -0.1) is 0 Å². The Labute approximate surface area is 112 Å². The number of hydrogen-bond acceptors (Lipinski definition) is 3. The maximum atomic E-state index is 10.0. The van der Waals surface area contributed by atoms with Crippen LogP contribution in [0.5, 0.6) is 5.75 Å². The molecule has 0 radical (unpaired) electrons. The maximum absolute atomic E-state index is 10.0. The third kappa shape index (κ3) is 2.49. The molecule has 1 aliphatic rings. The largest absolute Gasteiger partial charge is 0.487 e. The van der Waals surface area contributed by atoms with Crippen LogP contribution in [0.2, 0.25) is 0 Å². The molecule has 100 valence electrons. The summed E-state index contributed by atoms with van der Waals surface area (Å²) in [5.74, 6) is 0.806. The van der Waals surface area contributed by atoms with Crippen LogP contribution in [0, 0.1) is 0 Å². The predicted molar refractivity (Wildman–Crippen MR) is 71.9 cm³/mol. The molecule has 1 N–H and O–H groups in total. The molecule has 4 heteroatoms. The molecule has 1 unspecified atom stereocenters. The van der Waals surface area contributed by atoms with E-state index in [0.717, 1.165) is 36.3 Å². The summed E-state index contributed by atoms with van der Waals surface area (Å²) in [6.07, 6.45) is 6.17. The highest BCUT2D eigenvalue weighted by molar-refractivity contribution is 5.38.